The molecule has 1 fully saturated rings. The molecule has 0 spiro atoms. The molecule has 0 radical (unpaired) electrons. The third kappa shape index (κ3) is 8.86. The number of hydrogen-bond donors (Lipinski definition) is 2. The van der Waals surface area contributed by atoms with Gasteiger partial charge in [0.2, 0.25) is 23.6 Å². The molecule has 0 saturated carbocycles. The van der Waals surface area contributed by atoms with Crippen LogP contribution >= 0.6 is 0 Å². The topological polar surface area (TPSA) is 133 Å². The smallest absolute Gasteiger partial charge is 0.247 e. The van der Waals surface area contributed by atoms with Crippen LogP contribution < -0.4 is 10.6 Å². The number of benzene rings is 2. The van der Waals surface area contributed by atoms with Crippen molar-refractivity contribution in [1.82, 2.24) is 20.4 Å². The van der Waals surface area contributed by atoms with Gasteiger partial charge in [0.25, 0.3) is 0 Å². The first-order chi connectivity index (χ1) is 19.3. The molecule has 2 aromatic carbocycles. The van der Waals surface area contributed by atoms with Gasteiger partial charge in [-0.15, -0.1) is 0 Å². The van der Waals surface area contributed by atoms with Crippen LogP contribution in [-0.2, 0) is 41.6 Å². The molecule has 1 saturated heterocycles. The van der Waals surface area contributed by atoms with E-state index in [0.29, 0.717) is 25.4 Å². The standard InChI is InChI=1S/C30H36N4O6/c1-22(29(39)31-25(21-36)16-19-35)34-18-17-33(28(38)15-13-24-10-6-3-7-11-24)20-26(30(34)40)32-27(37)14-12-23-8-4-2-5-9-23/h2-11,19,21-22,25-26H,12-18,20H2,1H3,(H,31,39)(H,32,37)/t22?,25-,26-/m0/s1. The first-order valence-electron chi connectivity index (χ1n) is 13.5. The van der Waals surface area contributed by atoms with Gasteiger partial charge in [0.05, 0.1) is 6.04 Å². The molecular formula is C30H36N4O6. The van der Waals surface area contributed by atoms with Crippen molar-refractivity contribution in [2.24, 2.45) is 0 Å². The number of aldehydes is 2. The van der Waals surface area contributed by atoms with Crippen LogP contribution in [0.2, 0.25) is 0 Å². The Morgan fingerprint density at radius 1 is 0.925 bits per heavy atom. The number of rotatable bonds is 13. The van der Waals surface area contributed by atoms with Gasteiger partial charge in [0, 0.05) is 38.9 Å². The number of nitrogens with zero attached hydrogens (tertiary/aromatic N) is 2. The maximum atomic E-state index is 13.6. The van der Waals surface area contributed by atoms with Gasteiger partial charge in [-0.05, 0) is 30.9 Å². The summed E-state index contributed by atoms with van der Waals surface area (Å²) in [5.41, 5.74) is 1.99. The highest BCUT2D eigenvalue weighted by atomic mass is 16.2. The van der Waals surface area contributed by atoms with E-state index >= 15 is 0 Å². The molecule has 2 N–H and O–H groups in total. The van der Waals surface area contributed by atoms with Gasteiger partial charge in [-0.3, -0.25) is 19.2 Å². The molecule has 0 aliphatic carbocycles. The molecule has 1 aliphatic rings. The van der Waals surface area contributed by atoms with E-state index in [0.717, 1.165) is 11.1 Å². The molecule has 0 bridgehead atoms. The summed E-state index contributed by atoms with van der Waals surface area (Å²) >= 11 is 0. The highest BCUT2D eigenvalue weighted by Gasteiger charge is 2.37. The summed E-state index contributed by atoms with van der Waals surface area (Å²) < 4.78 is 0. The van der Waals surface area contributed by atoms with Crippen molar-refractivity contribution in [2.45, 2.75) is 57.2 Å². The predicted molar refractivity (Wildman–Crippen MR) is 148 cm³/mol. The lowest BCUT2D eigenvalue weighted by Crippen LogP contribution is -2.56. The second-order valence-corrected chi connectivity index (χ2v) is 9.79. The zero-order valence-electron chi connectivity index (χ0n) is 22.7. The Kier molecular flexibility index (Phi) is 11.6. The number of amides is 4. The van der Waals surface area contributed by atoms with E-state index < -0.39 is 29.9 Å². The van der Waals surface area contributed by atoms with Crippen molar-refractivity contribution in [3.63, 3.8) is 0 Å². The van der Waals surface area contributed by atoms with Crippen LogP contribution in [0.15, 0.2) is 60.7 Å². The highest BCUT2D eigenvalue weighted by Crippen LogP contribution is 2.14. The summed E-state index contributed by atoms with van der Waals surface area (Å²) in [5, 5.41) is 5.25. The summed E-state index contributed by atoms with van der Waals surface area (Å²) in [5.74, 6) is -1.60. The Balaban J connectivity index is 1.73. The summed E-state index contributed by atoms with van der Waals surface area (Å²) in [7, 11) is 0. The zero-order chi connectivity index (χ0) is 28.9. The Labute approximate surface area is 234 Å². The van der Waals surface area contributed by atoms with Gasteiger partial charge in [-0.2, -0.15) is 0 Å². The van der Waals surface area contributed by atoms with Crippen LogP contribution in [0.5, 0.6) is 0 Å². The second-order valence-electron chi connectivity index (χ2n) is 9.79. The minimum atomic E-state index is -1.04. The summed E-state index contributed by atoms with van der Waals surface area (Å²) in [6.45, 7) is 1.74. The van der Waals surface area contributed by atoms with Gasteiger partial charge in [0.1, 0.15) is 24.7 Å². The lowest BCUT2D eigenvalue weighted by atomic mass is 10.1. The van der Waals surface area contributed by atoms with Crippen LogP contribution in [-0.4, -0.2) is 83.8 Å². The van der Waals surface area contributed by atoms with Crippen molar-refractivity contribution in [3.8, 4) is 0 Å². The molecule has 10 nitrogen and oxygen atoms in total. The van der Waals surface area contributed by atoms with E-state index in [2.05, 4.69) is 10.6 Å². The molecule has 4 amide bonds. The quantitative estimate of drug-likeness (QED) is 0.360. The maximum Gasteiger partial charge on any atom is 0.247 e. The van der Waals surface area contributed by atoms with E-state index in [4.69, 9.17) is 0 Å². The molecule has 212 valence electrons. The van der Waals surface area contributed by atoms with Crippen molar-refractivity contribution in [1.29, 1.82) is 0 Å². The van der Waals surface area contributed by atoms with E-state index in [1.54, 1.807) is 4.90 Å². The fourth-order valence-corrected chi connectivity index (χ4v) is 4.57. The number of carbonyl (C=O) groups excluding carboxylic acids is 6. The predicted octanol–water partition coefficient (Wildman–Crippen LogP) is 1.07. The third-order valence-corrected chi connectivity index (χ3v) is 6.93. The lowest BCUT2D eigenvalue weighted by Gasteiger charge is -2.29. The Morgan fingerprint density at radius 2 is 1.52 bits per heavy atom. The summed E-state index contributed by atoms with van der Waals surface area (Å²) in [6, 6.07) is 16.0. The van der Waals surface area contributed by atoms with Crippen LogP contribution in [0.3, 0.4) is 0 Å². The van der Waals surface area contributed by atoms with Crippen LogP contribution in [0.25, 0.3) is 0 Å². The molecular weight excluding hydrogens is 512 g/mol. The van der Waals surface area contributed by atoms with Crippen LogP contribution in [0, 0.1) is 0 Å². The Bertz CT molecular complexity index is 1170. The van der Waals surface area contributed by atoms with E-state index in [9.17, 15) is 28.8 Å². The molecule has 3 rings (SSSR count). The minimum Gasteiger partial charge on any atom is -0.344 e. The van der Waals surface area contributed by atoms with E-state index in [1.807, 2.05) is 60.7 Å². The molecule has 1 heterocycles. The van der Waals surface area contributed by atoms with Crippen molar-refractivity contribution < 1.29 is 28.8 Å². The first kappa shape index (κ1) is 30.2. The van der Waals surface area contributed by atoms with Crippen LogP contribution in [0.4, 0.5) is 0 Å². The van der Waals surface area contributed by atoms with Gasteiger partial charge < -0.3 is 30.0 Å². The van der Waals surface area contributed by atoms with E-state index in [1.165, 1.54) is 11.8 Å². The third-order valence-electron chi connectivity index (χ3n) is 6.93. The fourth-order valence-electron chi connectivity index (χ4n) is 4.57. The fraction of sp³-hybridized carbons (Fsp3) is 0.400. The average molecular weight is 549 g/mol. The van der Waals surface area contributed by atoms with Gasteiger partial charge in [-0.25, -0.2) is 0 Å². The van der Waals surface area contributed by atoms with Gasteiger partial charge in [0.15, 0.2) is 0 Å². The normalized spacial score (nSPS) is 16.8. The molecule has 2 aromatic rings. The Hall–Kier alpha value is -4.34. The monoisotopic (exact) mass is 548 g/mol. The molecule has 0 aromatic heterocycles. The molecule has 1 unspecified atom stereocenters. The second kappa shape index (κ2) is 15.3. The molecule has 10 heteroatoms. The Morgan fingerprint density at radius 3 is 2.10 bits per heavy atom. The minimum absolute atomic E-state index is 0.0174. The molecule has 3 atom stereocenters. The number of carbonyl (C=O) groups is 6. The van der Waals surface area contributed by atoms with Crippen molar-refractivity contribution in [3.05, 3.63) is 71.8 Å². The lowest BCUT2D eigenvalue weighted by molar-refractivity contribution is -0.142. The molecule has 1 aliphatic heterocycles. The number of hydrogen-bond acceptors (Lipinski definition) is 6. The van der Waals surface area contributed by atoms with Crippen molar-refractivity contribution >= 4 is 36.2 Å². The average Bonchev–Trinajstić information content (AvgIpc) is 3.13. The zero-order valence-corrected chi connectivity index (χ0v) is 22.7. The SMILES string of the molecule is CC(C(=O)N[C@H](C=O)CC=O)N1CCN(C(=O)CCc2ccccc2)C[C@H](NC(=O)CCc2ccccc2)C1=O. The highest BCUT2D eigenvalue weighted by molar-refractivity contribution is 5.93. The van der Waals surface area contributed by atoms with Crippen molar-refractivity contribution in [2.75, 3.05) is 19.6 Å². The maximum absolute atomic E-state index is 13.6. The molecule has 40 heavy (non-hydrogen) atoms. The van der Waals surface area contributed by atoms with E-state index in [-0.39, 0.29) is 50.7 Å². The summed E-state index contributed by atoms with van der Waals surface area (Å²) in [6.07, 6.45) is 2.21. The number of aryl methyl sites for hydroxylation is 2. The number of nitrogens with one attached hydrogen (secondary N) is 2. The largest absolute Gasteiger partial charge is 0.344 e. The summed E-state index contributed by atoms with van der Waals surface area (Å²) in [4.78, 5) is 77.4. The van der Waals surface area contributed by atoms with Gasteiger partial charge in [-0.1, -0.05) is 60.7 Å². The van der Waals surface area contributed by atoms with Crippen LogP contribution in [0.1, 0.15) is 37.3 Å². The van der Waals surface area contributed by atoms with Gasteiger partial charge >= 0.3 is 0 Å². The first-order valence-corrected chi connectivity index (χ1v) is 13.5.